The van der Waals surface area contributed by atoms with E-state index in [1.807, 2.05) is 6.92 Å². The van der Waals surface area contributed by atoms with Crippen molar-refractivity contribution in [1.82, 2.24) is 0 Å². The predicted octanol–water partition coefficient (Wildman–Crippen LogP) is 3.76. The van der Waals surface area contributed by atoms with Gasteiger partial charge in [0.1, 0.15) is 17.4 Å². The van der Waals surface area contributed by atoms with Crippen LogP contribution in [0.25, 0.3) is 0 Å². The second-order valence-electron chi connectivity index (χ2n) is 5.28. The first-order valence-electron chi connectivity index (χ1n) is 7.76. The highest BCUT2D eigenvalue weighted by molar-refractivity contribution is 6.30. The zero-order valence-corrected chi connectivity index (χ0v) is 14.4. The van der Waals surface area contributed by atoms with E-state index in [0.717, 1.165) is 12.0 Å². The minimum Gasteiger partial charge on any atom is -0.463 e. The summed E-state index contributed by atoms with van der Waals surface area (Å²) in [6.07, 6.45) is 1.29. The molecule has 0 aromatic heterocycles. The maximum atomic E-state index is 12.5. The van der Waals surface area contributed by atoms with Gasteiger partial charge in [-0.2, -0.15) is 5.26 Å². The smallest absolute Gasteiger partial charge is 0.338 e. The Morgan fingerprint density at radius 3 is 2.58 bits per heavy atom. The highest BCUT2D eigenvalue weighted by Crippen LogP contribution is 2.41. The summed E-state index contributed by atoms with van der Waals surface area (Å²) in [5.41, 5.74) is 7.18. The van der Waals surface area contributed by atoms with E-state index in [-0.39, 0.29) is 18.1 Å². The van der Waals surface area contributed by atoms with Crippen LogP contribution in [-0.2, 0) is 14.3 Å². The molecule has 1 aromatic rings. The van der Waals surface area contributed by atoms with Crippen molar-refractivity contribution in [3.8, 4) is 6.07 Å². The molecule has 2 N–H and O–H groups in total. The molecule has 1 aromatic carbocycles. The SMILES string of the molecule is CCCC1=C(C(=O)OCC)[C@@H](c2ccc(Cl)cc2)C(C#N)=C(N)O1. The van der Waals surface area contributed by atoms with Crippen molar-refractivity contribution in [2.45, 2.75) is 32.6 Å². The minimum atomic E-state index is -0.624. The number of allylic oxidation sites excluding steroid dienone is 2. The normalized spacial score (nSPS) is 17.3. The number of nitrogens with two attached hydrogens (primary N) is 1. The molecule has 6 heteroatoms. The Bertz CT molecular complexity index is 730. The quantitative estimate of drug-likeness (QED) is 0.820. The zero-order chi connectivity index (χ0) is 17.7. The molecule has 0 spiro atoms. The highest BCUT2D eigenvalue weighted by Gasteiger charge is 2.37. The molecule has 0 bridgehead atoms. The Labute approximate surface area is 146 Å². The number of halogens is 1. The van der Waals surface area contributed by atoms with Crippen LogP contribution in [0.5, 0.6) is 0 Å². The van der Waals surface area contributed by atoms with E-state index in [1.54, 1.807) is 31.2 Å². The monoisotopic (exact) mass is 346 g/mol. The molecule has 0 fully saturated rings. The van der Waals surface area contributed by atoms with Gasteiger partial charge in [0, 0.05) is 11.4 Å². The van der Waals surface area contributed by atoms with Gasteiger partial charge in [0.15, 0.2) is 0 Å². The molecule has 1 heterocycles. The van der Waals surface area contributed by atoms with Crippen molar-refractivity contribution < 1.29 is 14.3 Å². The summed E-state index contributed by atoms with van der Waals surface area (Å²) < 4.78 is 10.8. The van der Waals surface area contributed by atoms with Crippen LogP contribution in [0.15, 0.2) is 47.1 Å². The van der Waals surface area contributed by atoms with Crippen LogP contribution < -0.4 is 5.73 Å². The molecule has 0 amide bonds. The summed E-state index contributed by atoms with van der Waals surface area (Å²) in [6.45, 7) is 3.93. The van der Waals surface area contributed by atoms with Gasteiger partial charge in [-0.05, 0) is 31.0 Å². The Kier molecular flexibility index (Phi) is 5.88. The van der Waals surface area contributed by atoms with Crippen molar-refractivity contribution >= 4 is 17.6 Å². The fourth-order valence-electron chi connectivity index (χ4n) is 2.65. The maximum absolute atomic E-state index is 12.5. The summed E-state index contributed by atoms with van der Waals surface area (Å²) in [4.78, 5) is 12.5. The lowest BCUT2D eigenvalue weighted by Gasteiger charge is -2.28. The second kappa shape index (κ2) is 7.89. The molecular weight excluding hydrogens is 328 g/mol. The molecule has 0 radical (unpaired) electrons. The zero-order valence-electron chi connectivity index (χ0n) is 13.6. The topological polar surface area (TPSA) is 85.3 Å². The van der Waals surface area contributed by atoms with E-state index < -0.39 is 11.9 Å². The van der Waals surface area contributed by atoms with Crippen LogP contribution >= 0.6 is 11.6 Å². The number of hydrogen-bond acceptors (Lipinski definition) is 5. The first-order chi connectivity index (χ1) is 11.5. The van der Waals surface area contributed by atoms with Crippen molar-refractivity contribution in [2.24, 2.45) is 5.73 Å². The molecule has 1 atom stereocenters. The van der Waals surface area contributed by atoms with Crippen LogP contribution in [0.3, 0.4) is 0 Å². The Balaban J connectivity index is 2.63. The summed E-state index contributed by atoms with van der Waals surface area (Å²) in [6, 6.07) is 9.02. The molecule has 1 aliphatic rings. The van der Waals surface area contributed by atoms with Crippen LogP contribution in [0.1, 0.15) is 38.2 Å². The molecule has 0 unspecified atom stereocenters. The summed E-state index contributed by atoms with van der Waals surface area (Å²) in [7, 11) is 0. The number of carbonyl (C=O) groups excluding carboxylic acids is 1. The average molecular weight is 347 g/mol. The molecule has 2 rings (SSSR count). The van der Waals surface area contributed by atoms with Gasteiger partial charge in [0.05, 0.1) is 18.1 Å². The first kappa shape index (κ1) is 17.9. The third-order valence-electron chi connectivity index (χ3n) is 3.67. The van der Waals surface area contributed by atoms with Gasteiger partial charge in [-0.25, -0.2) is 4.79 Å². The Morgan fingerprint density at radius 2 is 2.04 bits per heavy atom. The number of nitriles is 1. The highest BCUT2D eigenvalue weighted by atomic mass is 35.5. The number of esters is 1. The Hall–Kier alpha value is -2.45. The van der Waals surface area contributed by atoms with E-state index in [0.29, 0.717) is 22.8 Å². The number of carbonyl (C=O) groups is 1. The van der Waals surface area contributed by atoms with Crippen molar-refractivity contribution in [3.05, 3.63) is 57.6 Å². The largest absolute Gasteiger partial charge is 0.463 e. The third kappa shape index (κ3) is 3.55. The Morgan fingerprint density at radius 1 is 1.38 bits per heavy atom. The van der Waals surface area contributed by atoms with Crippen LogP contribution in [0, 0.1) is 11.3 Å². The fraction of sp³-hybridized carbons (Fsp3) is 0.333. The molecule has 0 aliphatic carbocycles. The molecule has 1 aliphatic heterocycles. The lowest BCUT2D eigenvalue weighted by atomic mass is 9.82. The molecular formula is C18H19ClN2O3. The van der Waals surface area contributed by atoms with Gasteiger partial charge in [0.2, 0.25) is 5.88 Å². The summed E-state index contributed by atoms with van der Waals surface area (Å²) >= 11 is 5.95. The third-order valence-corrected chi connectivity index (χ3v) is 3.92. The van der Waals surface area contributed by atoms with Crippen LogP contribution in [-0.4, -0.2) is 12.6 Å². The number of rotatable bonds is 5. The van der Waals surface area contributed by atoms with Gasteiger partial charge >= 0.3 is 5.97 Å². The number of nitrogens with zero attached hydrogens (tertiary/aromatic N) is 1. The summed E-state index contributed by atoms with van der Waals surface area (Å²) in [5, 5.41) is 10.1. The standard InChI is InChI=1S/C18H19ClN2O3/c1-3-5-14-16(18(22)23-4-2)15(13(10-20)17(21)24-14)11-6-8-12(19)9-7-11/h6-9,15H,3-5,21H2,1-2H3/t15-/m0/s1. The second-order valence-corrected chi connectivity index (χ2v) is 5.72. The lowest BCUT2D eigenvalue weighted by Crippen LogP contribution is -2.26. The van der Waals surface area contributed by atoms with Crippen molar-refractivity contribution in [2.75, 3.05) is 6.61 Å². The fourth-order valence-corrected chi connectivity index (χ4v) is 2.78. The van der Waals surface area contributed by atoms with E-state index in [4.69, 9.17) is 26.8 Å². The molecule has 5 nitrogen and oxygen atoms in total. The molecule has 0 saturated heterocycles. The van der Waals surface area contributed by atoms with Crippen LogP contribution in [0.2, 0.25) is 5.02 Å². The average Bonchev–Trinajstić information content (AvgIpc) is 2.55. The van der Waals surface area contributed by atoms with E-state index in [1.165, 1.54) is 0 Å². The lowest BCUT2D eigenvalue weighted by molar-refractivity contribution is -0.139. The van der Waals surface area contributed by atoms with Crippen molar-refractivity contribution in [3.63, 3.8) is 0 Å². The number of ether oxygens (including phenoxy) is 2. The van der Waals surface area contributed by atoms with E-state index >= 15 is 0 Å². The van der Waals surface area contributed by atoms with E-state index in [9.17, 15) is 10.1 Å². The number of benzene rings is 1. The first-order valence-corrected chi connectivity index (χ1v) is 8.14. The maximum Gasteiger partial charge on any atom is 0.338 e. The van der Waals surface area contributed by atoms with Crippen LogP contribution in [0.4, 0.5) is 0 Å². The van der Waals surface area contributed by atoms with Crippen molar-refractivity contribution in [1.29, 1.82) is 5.26 Å². The van der Waals surface area contributed by atoms with Gasteiger partial charge in [-0.15, -0.1) is 0 Å². The summed E-state index contributed by atoms with van der Waals surface area (Å²) in [5.74, 6) is -0.649. The van der Waals surface area contributed by atoms with E-state index in [2.05, 4.69) is 6.07 Å². The number of hydrogen-bond donors (Lipinski definition) is 1. The predicted molar refractivity (Wildman–Crippen MR) is 90.7 cm³/mol. The minimum absolute atomic E-state index is 0.0222. The van der Waals surface area contributed by atoms with Gasteiger partial charge in [-0.3, -0.25) is 0 Å². The van der Waals surface area contributed by atoms with Gasteiger partial charge < -0.3 is 15.2 Å². The van der Waals surface area contributed by atoms with Gasteiger partial charge in [0.25, 0.3) is 0 Å². The van der Waals surface area contributed by atoms with Gasteiger partial charge in [-0.1, -0.05) is 30.7 Å². The molecule has 126 valence electrons. The molecule has 0 saturated carbocycles. The molecule has 24 heavy (non-hydrogen) atoms.